The molecular weight excluding hydrogens is 220 g/mol. The van der Waals surface area contributed by atoms with E-state index in [0.717, 1.165) is 6.42 Å². The fourth-order valence-electron chi connectivity index (χ4n) is 1.82. The van der Waals surface area contributed by atoms with Crippen molar-refractivity contribution in [3.8, 4) is 0 Å². The fourth-order valence-corrected chi connectivity index (χ4v) is 1.82. The Morgan fingerprint density at radius 3 is 2.59 bits per heavy atom. The van der Waals surface area contributed by atoms with Crippen LogP contribution >= 0.6 is 0 Å². The normalized spacial score (nSPS) is 22.6. The van der Waals surface area contributed by atoms with E-state index < -0.39 is 5.79 Å². The van der Waals surface area contributed by atoms with Crippen LogP contribution in [0.3, 0.4) is 0 Å². The Bertz CT molecular complexity index is 482. The van der Waals surface area contributed by atoms with E-state index in [0.29, 0.717) is 17.8 Å². The maximum Gasteiger partial charge on any atom is 0.222 e. The highest BCUT2D eigenvalue weighted by Crippen LogP contribution is 2.29. The molecule has 0 saturated heterocycles. The van der Waals surface area contributed by atoms with Gasteiger partial charge in [0.15, 0.2) is 17.4 Å². The van der Waals surface area contributed by atoms with Crippen LogP contribution in [0.1, 0.15) is 25.5 Å². The highest BCUT2D eigenvalue weighted by Gasteiger charge is 2.32. The number of hydrogen-bond acceptors (Lipinski definition) is 8. The van der Waals surface area contributed by atoms with Crippen LogP contribution in [0.2, 0.25) is 0 Å². The molecule has 2 rings (SSSR count). The zero-order chi connectivity index (χ0) is 12.6. The molecule has 1 aliphatic heterocycles. The number of anilines is 3. The standard InChI is InChI=1S/C9H16N8/c1-2-3-9(13)16-5-4(7(11)17-9)14-8(12)15-6(5)10/h16H,2-3,13H2,1H3,(H2,11,17)(H4,10,12,14,15). The maximum absolute atomic E-state index is 6.06. The van der Waals surface area contributed by atoms with Crippen molar-refractivity contribution in [1.82, 2.24) is 9.97 Å². The number of aromatic nitrogens is 2. The minimum absolute atomic E-state index is 0.0567. The third-order valence-corrected chi connectivity index (χ3v) is 2.49. The summed E-state index contributed by atoms with van der Waals surface area (Å²) in [6, 6.07) is 0. The minimum atomic E-state index is -0.959. The van der Waals surface area contributed by atoms with Crippen molar-refractivity contribution in [1.29, 1.82) is 0 Å². The maximum atomic E-state index is 6.06. The van der Waals surface area contributed by atoms with Crippen LogP contribution in [0.5, 0.6) is 0 Å². The van der Waals surface area contributed by atoms with Gasteiger partial charge in [-0.25, -0.2) is 9.98 Å². The van der Waals surface area contributed by atoms with Crippen molar-refractivity contribution in [3.63, 3.8) is 0 Å². The second-order valence-electron chi connectivity index (χ2n) is 3.99. The van der Waals surface area contributed by atoms with E-state index in [1.165, 1.54) is 0 Å². The molecule has 0 spiro atoms. The first-order valence-corrected chi connectivity index (χ1v) is 5.31. The third-order valence-electron chi connectivity index (χ3n) is 2.49. The largest absolute Gasteiger partial charge is 0.382 e. The van der Waals surface area contributed by atoms with Gasteiger partial charge in [0.25, 0.3) is 0 Å². The van der Waals surface area contributed by atoms with Gasteiger partial charge in [0.1, 0.15) is 11.4 Å². The summed E-state index contributed by atoms with van der Waals surface area (Å²) in [5.41, 5.74) is 24.0. The van der Waals surface area contributed by atoms with Gasteiger partial charge in [-0.2, -0.15) is 4.98 Å². The number of nitrogens with two attached hydrogens (primary N) is 4. The lowest BCUT2D eigenvalue weighted by Crippen LogP contribution is -2.50. The molecular formula is C9H16N8. The molecule has 1 aliphatic rings. The van der Waals surface area contributed by atoms with E-state index in [1.807, 2.05) is 6.92 Å². The summed E-state index contributed by atoms with van der Waals surface area (Å²) in [5.74, 6) is -0.465. The molecule has 1 aromatic heterocycles. The average Bonchev–Trinajstić information content (AvgIpc) is 2.20. The quantitative estimate of drug-likeness (QED) is 0.449. The molecule has 17 heavy (non-hydrogen) atoms. The molecule has 0 aliphatic carbocycles. The number of nitrogen functional groups attached to an aromatic ring is 2. The van der Waals surface area contributed by atoms with E-state index in [4.69, 9.17) is 22.9 Å². The van der Waals surface area contributed by atoms with Gasteiger partial charge in [0.2, 0.25) is 5.95 Å². The number of nitrogens with zero attached hydrogens (tertiary/aromatic N) is 3. The fraction of sp³-hybridized carbons (Fsp3) is 0.444. The summed E-state index contributed by atoms with van der Waals surface area (Å²) < 4.78 is 0. The van der Waals surface area contributed by atoms with Crippen molar-refractivity contribution < 1.29 is 0 Å². The van der Waals surface area contributed by atoms with Crippen LogP contribution in [0.4, 0.5) is 17.5 Å². The van der Waals surface area contributed by atoms with Gasteiger partial charge in [0, 0.05) is 6.42 Å². The first-order chi connectivity index (χ1) is 7.95. The molecule has 1 aromatic rings. The Morgan fingerprint density at radius 2 is 1.94 bits per heavy atom. The van der Waals surface area contributed by atoms with E-state index in [9.17, 15) is 0 Å². The lowest BCUT2D eigenvalue weighted by molar-refractivity contribution is 0.459. The van der Waals surface area contributed by atoms with Gasteiger partial charge < -0.3 is 22.5 Å². The van der Waals surface area contributed by atoms with Crippen molar-refractivity contribution in [2.45, 2.75) is 25.6 Å². The van der Waals surface area contributed by atoms with Gasteiger partial charge >= 0.3 is 0 Å². The molecule has 9 N–H and O–H groups in total. The number of rotatable bonds is 2. The number of aliphatic imine (C=N–C) groups is 1. The van der Waals surface area contributed by atoms with E-state index in [1.54, 1.807) is 0 Å². The van der Waals surface area contributed by atoms with Crippen LogP contribution in [-0.4, -0.2) is 21.6 Å². The van der Waals surface area contributed by atoms with Crippen LogP contribution in [0.25, 0.3) is 0 Å². The predicted molar refractivity (Wildman–Crippen MR) is 67.0 cm³/mol. The summed E-state index contributed by atoms with van der Waals surface area (Å²) in [7, 11) is 0. The van der Waals surface area contributed by atoms with Gasteiger partial charge in [-0.05, 0) is 0 Å². The molecule has 8 heteroatoms. The topological polar surface area (TPSA) is 154 Å². The number of nitrogens with one attached hydrogen (secondary N) is 1. The molecule has 2 heterocycles. The molecule has 1 unspecified atom stereocenters. The van der Waals surface area contributed by atoms with Gasteiger partial charge in [-0.3, -0.25) is 5.73 Å². The monoisotopic (exact) mass is 236 g/mol. The summed E-state index contributed by atoms with van der Waals surface area (Å²) in [6.07, 6.45) is 1.47. The average molecular weight is 236 g/mol. The van der Waals surface area contributed by atoms with Crippen molar-refractivity contribution >= 4 is 23.3 Å². The second-order valence-corrected chi connectivity index (χ2v) is 3.99. The van der Waals surface area contributed by atoms with Gasteiger partial charge in [0.05, 0.1) is 0 Å². The molecule has 92 valence electrons. The molecule has 0 amide bonds. The molecule has 1 atom stereocenters. The predicted octanol–water partition coefficient (Wildman–Crippen LogP) is -0.816. The lowest BCUT2D eigenvalue weighted by atomic mass is 10.1. The zero-order valence-electron chi connectivity index (χ0n) is 9.57. The molecule has 0 saturated carbocycles. The summed E-state index contributed by atoms with van der Waals surface area (Å²) in [6.45, 7) is 2.00. The van der Waals surface area contributed by atoms with Crippen LogP contribution in [0.15, 0.2) is 4.99 Å². The van der Waals surface area contributed by atoms with E-state index >= 15 is 0 Å². The van der Waals surface area contributed by atoms with Gasteiger partial charge in [-0.15, -0.1) is 0 Å². The highest BCUT2D eigenvalue weighted by molar-refractivity contribution is 6.04. The Balaban J connectivity index is 2.51. The summed E-state index contributed by atoms with van der Waals surface area (Å²) >= 11 is 0. The van der Waals surface area contributed by atoms with Gasteiger partial charge in [-0.1, -0.05) is 13.3 Å². The Morgan fingerprint density at radius 1 is 1.24 bits per heavy atom. The van der Waals surface area contributed by atoms with Crippen molar-refractivity contribution in [2.75, 3.05) is 16.8 Å². The van der Waals surface area contributed by atoms with Crippen LogP contribution in [0, 0.1) is 0 Å². The van der Waals surface area contributed by atoms with E-state index in [2.05, 4.69) is 20.3 Å². The van der Waals surface area contributed by atoms with Crippen LogP contribution < -0.4 is 28.3 Å². The van der Waals surface area contributed by atoms with Crippen LogP contribution in [-0.2, 0) is 0 Å². The third kappa shape index (κ3) is 1.94. The zero-order valence-corrected chi connectivity index (χ0v) is 9.57. The number of fused-ring (bicyclic) bond motifs is 1. The first-order valence-electron chi connectivity index (χ1n) is 5.31. The Hall–Kier alpha value is -2.09. The molecule has 0 radical (unpaired) electrons. The van der Waals surface area contributed by atoms with Crippen molar-refractivity contribution in [3.05, 3.63) is 5.69 Å². The Labute approximate surface area is 98.5 Å². The molecule has 0 aromatic carbocycles. The second kappa shape index (κ2) is 3.74. The molecule has 8 nitrogen and oxygen atoms in total. The lowest BCUT2D eigenvalue weighted by Gasteiger charge is -2.32. The summed E-state index contributed by atoms with van der Waals surface area (Å²) in [4.78, 5) is 12.0. The smallest absolute Gasteiger partial charge is 0.222 e. The number of amidine groups is 1. The summed E-state index contributed by atoms with van der Waals surface area (Å²) in [5, 5.41) is 3.00. The first kappa shape index (κ1) is 11.4. The van der Waals surface area contributed by atoms with E-state index in [-0.39, 0.29) is 17.6 Å². The molecule has 0 bridgehead atoms. The highest BCUT2D eigenvalue weighted by atomic mass is 15.3. The minimum Gasteiger partial charge on any atom is -0.382 e. The van der Waals surface area contributed by atoms with Crippen molar-refractivity contribution in [2.24, 2.45) is 16.5 Å². The Kier molecular flexibility index (Phi) is 2.50. The number of hydrogen-bond donors (Lipinski definition) is 5. The SMILES string of the molecule is CCCC1(N)N=C(N)c2nc(N)nc(N)c2N1. The molecule has 0 fully saturated rings.